The zero-order valence-corrected chi connectivity index (χ0v) is 11.5. The van der Waals surface area contributed by atoms with Gasteiger partial charge in [-0.3, -0.25) is 0 Å². The molecule has 4 nitrogen and oxygen atoms in total. The second-order valence-corrected chi connectivity index (χ2v) is 5.30. The fraction of sp³-hybridized carbons (Fsp3) is 0.0667. The van der Waals surface area contributed by atoms with Crippen LogP contribution in [0.2, 0.25) is 0 Å². The van der Waals surface area contributed by atoms with Crippen LogP contribution in [0.4, 0.5) is 0 Å². The molecule has 0 unspecified atom stereocenters. The molecule has 2 N–H and O–H groups in total. The Hall–Kier alpha value is -2.27. The molecule has 0 aliphatic rings. The van der Waals surface area contributed by atoms with Crippen LogP contribution in [-0.4, -0.2) is 22.2 Å². The number of aromatic carboxylic acids is 2. The van der Waals surface area contributed by atoms with Crippen molar-refractivity contribution in [3.63, 3.8) is 0 Å². The van der Waals surface area contributed by atoms with E-state index in [9.17, 15) is 14.7 Å². The summed E-state index contributed by atoms with van der Waals surface area (Å²) in [6.07, 6.45) is 0. The molecule has 0 aromatic heterocycles. The molecule has 0 saturated heterocycles. The van der Waals surface area contributed by atoms with E-state index in [2.05, 4.69) is 0 Å². The number of rotatable bonds is 4. The quantitative estimate of drug-likeness (QED) is 0.900. The van der Waals surface area contributed by atoms with E-state index in [1.165, 1.54) is 23.9 Å². The Morgan fingerprint density at radius 1 is 0.950 bits per heavy atom. The maximum Gasteiger partial charge on any atom is 0.337 e. The summed E-state index contributed by atoms with van der Waals surface area (Å²) in [4.78, 5) is 23.5. The molecule has 0 aliphatic heterocycles. The first-order valence-corrected chi connectivity index (χ1v) is 6.65. The van der Waals surface area contributed by atoms with Crippen molar-refractivity contribution >= 4 is 23.7 Å². The summed E-state index contributed by atoms with van der Waals surface area (Å²) >= 11 is 1.30. The SMILES string of the molecule is Cc1cccc(Sc2ccc(C(=O)O)cc2)c1C(=O)O. The van der Waals surface area contributed by atoms with Gasteiger partial charge in [0.2, 0.25) is 0 Å². The van der Waals surface area contributed by atoms with Crippen LogP contribution in [0.5, 0.6) is 0 Å². The van der Waals surface area contributed by atoms with Crippen molar-refractivity contribution in [2.75, 3.05) is 0 Å². The lowest BCUT2D eigenvalue weighted by molar-refractivity contribution is 0.0683. The number of benzene rings is 2. The lowest BCUT2D eigenvalue weighted by Gasteiger charge is -2.08. The first kappa shape index (κ1) is 14.1. The number of carbonyl (C=O) groups is 2. The third-order valence-corrected chi connectivity index (χ3v) is 3.85. The largest absolute Gasteiger partial charge is 0.478 e. The van der Waals surface area contributed by atoms with Crippen molar-refractivity contribution in [1.29, 1.82) is 0 Å². The molecule has 0 bridgehead atoms. The lowest BCUT2D eigenvalue weighted by atomic mass is 10.1. The number of aryl methyl sites for hydroxylation is 1. The van der Waals surface area contributed by atoms with Gasteiger partial charge in [-0.05, 0) is 42.8 Å². The van der Waals surface area contributed by atoms with Gasteiger partial charge < -0.3 is 10.2 Å². The molecule has 2 rings (SSSR count). The molecule has 0 radical (unpaired) electrons. The van der Waals surface area contributed by atoms with Gasteiger partial charge in [-0.25, -0.2) is 9.59 Å². The van der Waals surface area contributed by atoms with Crippen molar-refractivity contribution in [1.82, 2.24) is 0 Å². The smallest absolute Gasteiger partial charge is 0.337 e. The zero-order valence-electron chi connectivity index (χ0n) is 10.7. The predicted octanol–water partition coefficient (Wildman–Crippen LogP) is 3.54. The fourth-order valence-electron chi connectivity index (χ4n) is 1.79. The van der Waals surface area contributed by atoms with Crippen molar-refractivity contribution in [2.24, 2.45) is 0 Å². The van der Waals surface area contributed by atoms with Gasteiger partial charge in [0.1, 0.15) is 0 Å². The van der Waals surface area contributed by atoms with Gasteiger partial charge in [-0.1, -0.05) is 23.9 Å². The van der Waals surface area contributed by atoms with Gasteiger partial charge in [0, 0.05) is 9.79 Å². The Bertz CT molecular complexity index is 662. The van der Waals surface area contributed by atoms with Gasteiger partial charge in [0.25, 0.3) is 0 Å². The molecule has 2 aromatic carbocycles. The molecule has 5 heteroatoms. The van der Waals surface area contributed by atoms with E-state index in [1.54, 1.807) is 37.3 Å². The van der Waals surface area contributed by atoms with Crippen LogP contribution in [-0.2, 0) is 0 Å². The standard InChI is InChI=1S/C15H12O4S/c1-9-3-2-4-12(13(9)15(18)19)20-11-7-5-10(6-8-11)14(16)17/h2-8H,1H3,(H,16,17)(H,18,19). The summed E-state index contributed by atoms with van der Waals surface area (Å²) in [5.41, 5.74) is 1.18. The molecule has 0 aliphatic carbocycles. The molecule has 0 heterocycles. The third kappa shape index (κ3) is 3.00. The fourth-order valence-corrected chi connectivity index (χ4v) is 2.82. The Balaban J connectivity index is 2.33. The molecular formula is C15H12O4S. The van der Waals surface area contributed by atoms with Crippen LogP contribution in [0.1, 0.15) is 26.3 Å². The van der Waals surface area contributed by atoms with E-state index in [0.717, 1.165) is 4.90 Å². The second kappa shape index (κ2) is 5.79. The van der Waals surface area contributed by atoms with E-state index in [1.807, 2.05) is 0 Å². The first-order valence-electron chi connectivity index (χ1n) is 5.83. The topological polar surface area (TPSA) is 74.6 Å². The van der Waals surface area contributed by atoms with Crippen LogP contribution in [0.15, 0.2) is 52.3 Å². The van der Waals surface area contributed by atoms with E-state index in [4.69, 9.17) is 5.11 Å². The first-order chi connectivity index (χ1) is 9.49. The average molecular weight is 288 g/mol. The van der Waals surface area contributed by atoms with E-state index in [-0.39, 0.29) is 11.1 Å². The van der Waals surface area contributed by atoms with Crippen molar-refractivity contribution in [3.05, 3.63) is 59.2 Å². The molecule has 0 atom stereocenters. The van der Waals surface area contributed by atoms with Gasteiger partial charge in [0.05, 0.1) is 11.1 Å². The molecular weight excluding hydrogens is 276 g/mol. The minimum Gasteiger partial charge on any atom is -0.478 e. The molecule has 102 valence electrons. The summed E-state index contributed by atoms with van der Waals surface area (Å²) in [7, 11) is 0. The van der Waals surface area contributed by atoms with Gasteiger partial charge in [-0.2, -0.15) is 0 Å². The van der Waals surface area contributed by atoms with Gasteiger partial charge >= 0.3 is 11.9 Å². The summed E-state index contributed by atoms with van der Waals surface area (Å²) in [5.74, 6) is -1.95. The summed E-state index contributed by atoms with van der Waals surface area (Å²) < 4.78 is 0. The lowest BCUT2D eigenvalue weighted by Crippen LogP contribution is -2.01. The number of carboxylic acids is 2. The zero-order chi connectivity index (χ0) is 14.7. The van der Waals surface area contributed by atoms with Crippen LogP contribution in [0.3, 0.4) is 0 Å². The van der Waals surface area contributed by atoms with Crippen LogP contribution < -0.4 is 0 Å². The minimum absolute atomic E-state index is 0.206. The van der Waals surface area contributed by atoms with Crippen LogP contribution in [0.25, 0.3) is 0 Å². The molecule has 2 aromatic rings. The molecule has 0 amide bonds. The Kier molecular flexibility index (Phi) is 4.10. The highest BCUT2D eigenvalue weighted by Gasteiger charge is 2.14. The van der Waals surface area contributed by atoms with E-state index in [0.29, 0.717) is 10.5 Å². The monoisotopic (exact) mass is 288 g/mol. The predicted molar refractivity (Wildman–Crippen MR) is 75.7 cm³/mol. The van der Waals surface area contributed by atoms with E-state index < -0.39 is 11.9 Å². The Morgan fingerprint density at radius 3 is 2.15 bits per heavy atom. The van der Waals surface area contributed by atoms with Crippen LogP contribution >= 0.6 is 11.8 Å². The van der Waals surface area contributed by atoms with Crippen molar-refractivity contribution in [2.45, 2.75) is 16.7 Å². The van der Waals surface area contributed by atoms with E-state index >= 15 is 0 Å². The molecule has 20 heavy (non-hydrogen) atoms. The molecule has 0 saturated carbocycles. The van der Waals surface area contributed by atoms with Crippen LogP contribution in [0, 0.1) is 6.92 Å². The maximum absolute atomic E-state index is 11.3. The second-order valence-electron chi connectivity index (χ2n) is 4.18. The highest BCUT2D eigenvalue weighted by Crippen LogP contribution is 2.32. The number of hydrogen-bond donors (Lipinski definition) is 2. The summed E-state index contributed by atoms with van der Waals surface area (Å²) in [6, 6.07) is 11.6. The minimum atomic E-state index is -0.983. The van der Waals surface area contributed by atoms with Gasteiger partial charge in [0.15, 0.2) is 0 Å². The normalized spacial score (nSPS) is 10.2. The highest BCUT2D eigenvalue weighted by atomic mass is 32.2. The number of hydrogen-bond acceptors (Lipinski definition) is 3. The highest BCUT2D eigenvalue weighted by molar-refractivity contribution is 7.99. The van der Waals surface area contributed by atoms with Gasteiger partial charge in [-0.15, -0.1) is 0 Å². The third-order valence-electron chi connectivity index (χ3n) is 2.78. The number of carboxylic acid groups (broad SMARTS) is 2. The van der Waals surface area contributed by atoms with Crippen molar-refractivity contribution in [3.8, 4) is 0 Å². The van der Waals surface area contributed by atoms with Crippen molar-refractivity contribution < 1.29 is 19.8 Å². The summed E-state index contributed by atoms with van der Waals surface area (Å²) in [5, 5.41) is 18.1. The Morgan fingerprint density at radius 2 is 1.60 bits per heavy atom. The summed E-state index contributed by atoms with van der Waals surface area (Å²) in [6.45, 7) is 1.75. The maximum atomic E-state index is 11.3. The Labute approximate surface area is 120 Å². The molecule has 0 spiro atoms. The average Bonchev–Trinajstić information content (AvgIpc) is 2.39. The molecule has 0 fully saturated rings.